The van der Waals surface area contributed by atoms with Crippen molar-refractivity contribution in [3.63, 3.8) is 0 Å². The van der Waals surface area contributed by atoms with Crippen molar-refractivity contribution >= 4 is 23.3 Å². The highest BCUT2D eigenvalue weighted by Crippen LogP contribution is 2.43. The van der Waals surface area contributed by atoms with Gasteiger partial charge in [-0.1, -0.05) is 30.3 Å². The van der Waals surface area contributed by atoms with E-state index in [-0.39, 0.29) is 22.7 Å². The third kappa shape index (κ3) is 4.95. The molecule has 1 saturated heterocycles. The molecule has 1 unspecified atom stereocenters. The van der Waals surface area contributed by atoms with Crippen LogP contribution in [0, 0.1) is 11.3 Å². The van der Waals surface area contributed by atoms with Gasteiger partial charge in [-0.3, -0.25) is 9.80 Å². The first kappa shape index (κ1) is 26.8. The summed E-state index contributed by atoms with van der Waals surface area (Å²) in [5, 5.41) is 10.2. The van der Waals surface area contributed by atoms with Gasteiger partial charge in [-0.25, -0.2) is 9.59 Å². The van der Waals surface area contributed by atoms with E-state index in [1.54, 1.807) is 24.3 Å². The minimum absolute atomic E-state index is 0.00909. The molecule has 9 nitrogen and oxygen atoms in total. The summed E-state index contributed by atoms with van der Waals surface area (Å²) in [6, 6.07) is 19.2. The van der Waals surface area contributed by atoms with E-state index in [9.17, 15) is 14.9 Å². The second-order valence-electron chi connectivity index (χ2n) is 9.47. The lowest BCUT2D eigenvalue weighted by atomic mass is 9.81. The highest BCUT2D eigenvalue weighted by atomic mass is 16.5. The Morgan fingerprint density at radius 1 is 0.921 bits per heavy atom. The van der Waals surface area contributed by atoms with Gasteiger partial charge in [0, 0.05) is 43.6 Å². The predicted molar refractivity (Wildman–Crippen MR) is 145 cm³/mol. The lowest BCUT2D eigenvalue weighted by Gasteiger charge is -2.38. The van der Waals surface area contributed by atoms with Crippen molar-refractivity contribution in [1.29, 1.82) is 5.26 Å². The van der Waals surface area contributed by atoms with Gasteiger partial charge in [-0.2, -0.15) is 5.26 Å². The number of anilines is 2. The number of hydrogen-bond acceptors (Lipinski definition) is 9. The largest absolute Gasteiger partial charge is 0.466 e. The van der Waals surface area contributed by atoms with Gasteiger partial charge in [0.2, 0.25) is 0 Å². The first-order valence-corrected chi connectivity index (χ1v) is 12.6. The van der Waals surface area contributed by atoms with Crippen molar-refractivity contribution in [2.24, 2.45) is 5.73 Å². The fraction of sp³-hybridized carbons (Fsp3) is 0.345. The molecule has 9 heteroatoms. The molecule has 1 atom stereocenters. The minimum Gasteiger partial charge on any atom is -0.466 e. The average molecular weight is 516 g/mol. The van der Waals surface area contributed by atoms with Gasteiger partial charge in [0.15, 0.2) is 0 Å². The maximum absolute atomic E-state index is 13.2. The molecule has 198 valence electrons. The number of carbonyl (C=O) groups excluding carboxylic acids is 2. The summed E-state index contributed by atoms with van der Waals surface area (Å²) in [7, 11) is 2.47. The molecule has 0 radical (unpaired) electrons. The number of carbonyl (C=O) groups is 2. The van der Waals surface area contributed by atoms with Crippen LogP contribution in [-0.4, -0.2) is 63.3 Å². The van der Waals surface area contributed by atoms with E-state index >= 15 is 0 Å². The number of allylic oxidation sites excluding steroid dienone is 1. The molecule has 0 aromatic heterocycles. The molecule has 38 heavy (non-hydrogen) atoms. The van der Waals surface area contributed by atoms with Crippen molar-refractivity contribution in [3.05, 3.63) is 82.8 Å². The van der Waals surface area contributed by atoms with Gasteiger partial charge in [-0.05, 0) is 43.7 Å². The highest BCUT2D eigenvalue weighted by Gasteiger charge is 2.43. The summed E-state index contributed by atoms with van der Waals surface area (Å²) in [6.07, 6.45) is 0. The number of benzene rings is 2. The summed E-state index contributed by atoms with van der Waals surface area (Å²) in [4.78, 5) is 32.5. The van der Waals surface area contributed by atoms with Gasteiger partial charge >= 0.3 is 11.9 Å². The number of rotatable bonds is 6. The van der Waals surface area contributed by atoms with Gasteiger partial charge < -0.3 is 20.1 Å². The quantitative estimate of drug-likeness (QED) is 0.580. The van der Waals surface area contributed by atoms with Crippen LogP contribution in [0.4, 0.5) is 11.4 Å². The summed E-state index contributed by atoms with van der Waals surface area (Å²) in [5.41, 5.74) is 8.81. The Hall–Kier alpha value is -4.29. The van der Waals surface area contributed by atoms with Crippen LogP contribution in [0.1, 0.15) is 25.3 Å². The zero-order valence-electron chi connectivity index (χ0n) is 22.2. The molecule has 0 amide bonds. The number of hydrogen-bond donors (Lipinski definition) is 1. The van der Waals surface area contributed by atoms with E-state index in [0.717, 1.165) is 31.9 Å². The lowest BCUT2D eigenvalue weighted by Crippen LogP contribution is -2.48. The van der Waals surface area contributed by atoms with Crippen LogP contribution in [0.25, 0.3) is 0 Å². The predicted octanol–water partition coefficient (Wildman–Crippen LogP) is 3.11. The number of nitriles is 1. The van der Waals surface area contributed by atoms with Gasteiger partial charge in [0.05, 0.1) is 37.4 Å². The molecule has 2 heterocycles. The maximum atomic E-state index is 13.2. The molecule has 2 N–H and O–H groups in total. The van der Waals surface area contributed by atoms with E-state index < -0.39 is 17.9 Å². The topological polar surface area (TPSA) is 112 Å². The third-order valence-corrected chi connectivity index (χ3v) is 7.13. The smallest absolute Gasteiger partial charge is 0.355 e. The molecule has 0 aliphatic carbocycles. The number of piperazine rings is 1. The fourth-order valence-electron chi connectivity index (χ4n) is 5.09. The molecule has 4 rings (SSSR count). The molecular weight excluding hydrogens is 482 g/mol. The standard InChI is InChI=1S/C29H33N5O4/c1-19(2)32-14-16-33(17-15-32)21-10-12-22(13-11-21)34-26(29(36)38-4)25(28(35)37-3)24(23(18-30)27(34)31)20-8-6-5-7-9-20/h5-13,19,24H,14-17,31H2,1-4H3. The Labute approximate surface area is 223 Å². The molecule has 2 aromatic carbocycles. The van der Waals surface area contributed by atoms with Crippen molar-refractivity contribution in [2.45, 2.75) is 25.8 Å². The lowest BCUT2D eigenvalue weighted by molar-refractivity contribution is -0.139. The molecule has 1 fully saturated rings. The number of ether oxygens (including phenoxy) is 2. The summed E-state index contributed by atoms with van der Waals surface area (Å²) < 4.78 is 10.2. The molecule has 2 aliphatic heterocycles. The van der Waals surface area contributed by atoms with Crippen molar-refractivity contribution in [1.82, 2.24) is 4.90 Å². The Bertz CT molecular complexity index is 1290. The molecule has 2 aliphatic rings. The number of nitrogens with zero attached hydrogens (tertiary/aromatic N) is 4. The normalized spacial score (nSPS) is 18.5. The monoisotopic (exact) mass is 515 g/mol. The first-order chi connectivity index (χ1) is 18.3. The zero-order valence-corrected chi connectivity index (χ0v) is 22.2. The number of methoxy groups -OCH3 is 2. The Morgan fingerprint density at radius 3 is 2.03 bits per heavy atom. The van der Waals surface area contributed by atoms with Crippen molar-refractivity contribution in [2.75, 3.05) is 50.2 Å². The Kier molecular flexibility index (Phi) is 8.03. The van der Waals surface area contributed by atoms with Crippen LogP contribution >= 0.6 is 0 Å². The molecule has 2 aromatic rings. The molecule has 0 bridgehead atoms. The van der Waals surface area contributed by atoms with Crippen LogP contribution in [-0.2, 0) is 19.1 Å². The van der Waals surface area contributed by atoms with E-state index in [2.05, 4.69) is 29.7 Å². The van der Waals surface area contributed by atoms with Gasteiger partial charge in [0.25, 0.3) is 0 Å². The Morgan fingerprint density at radius 2 is 1.50 bits per heavy atom. The van der Waals surface area contributed by atoms with E-state index in [1.807, 2.05) is 30.3 Å². The van der Waals surface area contributed by atoms with Crippen molar-refractivity contribution < 1.29 is 19.1 Å². The maximum Gasteiger partial charge on any atom is 0.355 e. The van der Waals surface area contributed by atoms with Crippen LogP contribution in [0.2, 0.25) is 0 Å². The highest BCUT2D eigenvalue weighted by molar-refractivity contribution is 6.06. The Balaban J connectivity index is 1.80. The average Bonchev–Trinajstić information content (AvgIpc) is 2.96. The van der Waals surface area contributed by atoms with E-state index in [4.69, 9.17) is 15.2 Å². The zero-order chi connectivity index (χ0) is 27.4. The molecular formula is C29H33N5O4. The molecule has 0 spiro atoms. The van der Waals surface area contributed by atoms with Crippen LogP contribution in [0.5, 0.6) is 0 Å². The van der Waals surface area contributed by atoms with E-state index in [0.29, 0.717) is 17.3 Å². The fourth-order valence-corrected chi connectivity index (χ4v) is 5.09. The molecule has 0 saturated carbocycles. The summed E-state index contributed by atoms with van der Waals surface area (Å²) in [5.74, 6) is -2.35. The van der Waals surface area contributed by atoms with Crippen LogP contribution in [0.3, 0.4) is 0 Å². The minimum atomic E-state index is -0.893. The summed E-state index contributed by atoms with van der Waals surface area (Å²) >= 11 is 0. The van der Waals surface area contributed by atoms with Gasteiger partial charge in [0.1, 0.15) is 11.5 Å². The first-order valence-electron chi connectivity index (χ1n) is 12.6. The van der Waals surface area contributed by atoms with Crippen LogP contribution in [0.15, 0.2) is 77.3 Å². The SMILES string of the molecule is COC(=O)C1=C(C(=O)OC)N(c2ccc(N3CCN(C(C)C)CC3)cc2)C(N)=C(C#N)C1c1ccccc1. The summed E-state index contributed by atoms with van der Waals surface area (Å²) in [6.45, 7) is 8.17. The van der Waals surface area contributed by atoms with Gasteiger partial charge in [-0.15, -0.1) is 0 Å². The number of esters is 2. The van der Waals surface area contributed by atoms with Crippen molar-refractivity contribution in [3.8, 4) is 6.07 Å². The van der Waals surface area contributed by atoms with Crippen LogP contribution < -0.4 is 15.5 Å². The second kappa shape index (κ2) is 11.4. The third-order valence-electron chi connectivity index (χ3n) is 7.13. The number of nitrogens with two attached hydrogens (primary N) is 1. The van der Waals surface area contributed by atoms with E-state index in [1.165, 1.54) is 19.1 Å². The second-order valence-corrected chi connectivity index (χ2v) is 9.47.